The summed E-state index contributed by atoms with van der Waals surface area (Å²) in [7, 11) is 3.14. The predicted octanol–water partition coefficient (Wildman–Crippen LogP) is 2.67. The van der Waals surface area contributed by atoms with E-state index in [0.29, 0.717) is 12.0 Å². The van der Waals surface area contributed by atoms with Gasteiger partial charge in [0.1, 0.15) is 11.4 Å². The summed E-state index contributed by atoms with van der Waals surface area (Å²) in [5.74, 6) is 0.0348. The summed E-state index contributed by atoms with van der Waals surface area (Å²) in [5.41, 5.74) is 0.768. The highest BCUT2D eigenvalue weighted by Crippen LogP contribution is 2.36. The van der Waals surface area contributed by atoms with E-state index in [2.05, 4.69) is 20.3 Å². The average molecular weight is 400 g/mol. The second-order valence-electron chi connectivity index (χ2n) is 7.69. The number of nitrogens with one attached hydrogen (secondary N) is 1. The van der Waals surface area contributed by atoms with E-state index in [9.17, 15) is 18.7 Å². The second-order valence-corrected chi connectivity index (χ2v) is 8.77. The van der Waals surface area contributed by atoms with Crippen molar-refractivity contribution >= 4 is 16.3 Å². The van der Waals surface area contributed by atoms with Crippen molar-refractivity contribution in [2.45, 2.75) is 63.7 Å². The molecule has 0 saturated carbocycles. The molecule has 27 heavy (non-hydrogen) atoms. The zero-order valence-electron chi connectivity index (χ0n) is 15.7. The van der Waals surface area contributed by atoms with Crippen molar-refractivity contribution in [3.05, 3.63) is 29.3 Å². The number of carbonyl (C=O) groups is 1. The number of amides is 1. The van der Waals surface area contributed by atoms with Crippen LogP contribution in [0.2, 0.25) is 0 Å². The second kappa shape index (κ2) is 8.11. The Hall–Kier alpha value is -1.71. The monoisotopic (exact) mass is 400 g/mol. The molecule has 1 aromatic rings. The van der Waals surface area contributed by atoms with E-state index >= 15 is 0 Å². The molecule has 0 fully saturated rings. The van der Waals surface area contributed by atoms with Crippen LogP contribution < -0.4 is 10.1 Å². The number of aliphatic hydroxyl groups is 1. The fourth-order valence-corrected chi connectivity index (χ4v) is 2.89. The number of fused-ring (bicyclic) bond motifs is 1. The molecule has 0 aromatic heterocycles. The van der Waals surface area contributed by atoms with E-state index in [0.717, 1.165) is 5.56 Å². The van der Waals surface area contributed by atoms with Crippen LogP contribution in [0.4, 0.5) is 13.6 Å². The molecule has 0 bridgehead atoms. The van der Waals surface area contributed by atoms with Crippen molar-refractivity contribution in [1.82, 2.24) is 5.32 Å². The van der Waals surface area contributed by atoms with Crippen LogP contribution in [0.1, 0.15) is 44.9 Å². The molecule has 1 aromatic carbocycles. The van der Waals surface area contributed by atoms with E-state index in [1.54, 1.807) is 26.8 Å². The molecular formula is C18H24F2NO5Si. The molecule has 2 N–H and O–H groups in total. The van der Waals surface area contributed by atoms with Crippen molar-refractivity contribution in [3.63, 3.8) is 0 Å². The first-order chi connectivity index (χ1) is 12.3. The van der Waals surface area contributed by atoms with Crippen molar-refractivity contribution in [1.29, 1.82) is 0 Å². The minimum atomic E-state index is -2.92. The third-order valence-electron chi connectivity index (χ3n) is 3.72. The summed E-state index contributed by atoms with van der Waals surface area (Å²) in [6.07, 6.45) is -0.762. The summed E-state index contributed by atoms with van der Waals surface area (Å²) < 4.78 is 40.4. The summed E-state index contributed by atoms with van der Waals surface area (Å²) in [6.45, 7) is 3.82. The Labute approximate surface area is 160 Å². The Kier molecular flexibility index (Phi) is 6.49. The number of carbonyl (C=O) groups excluding carboxylic acids is 1. The highest BCUT2D eigenvalue weighted by atomic mass is 28.1. The summed E-state index contributed by atoms with van der Waals surface area (Å²) in [5, 5.41) is 11.4. The number of ether oxygens (including phenoxy) is 3. The number of alkyl carbamates (subject to hydrolysis) is 1. The van der Waals surface area contributed by atoms with Crippen LogP contribution in [-0.4, -0.2) is 51.6 Å². The van der Waals surface area contributed by atoms with Gasteiger partial charge < -0.3 is 24.6 Å². The van der Waals surface area contributed by atoms with Gasteiger partial charge in [0.15, 0.2) is 0 Å². The van der Waals surface area contributed by atoms with Crippen LogP contribution in [0.25, 0.3) is 0 Å². The van der Waals surface area contributed by atoms with Gasteiger partial charge in [-0.05, 0) is 51.0 Å². The first-order valence-corrected chi connectivity index (χ1v) is 9.00. The predicted molar refractivity (Wildman–Crippen MR) is 95.0 cm³/mol. The number of rotatable bonds is 6. The minimum absolute atomic E-state index is 0.0323. The summed E-state index contributed by atoms with van der Waals surface area (Å²) in [4.78, 5) is 12.2. The van der Waals surface area contributed by atoms with Crippen LogP contribution >= 0.6 is 0 Å². The topological polar surface area (TPSA) is 77.0 Å². The van der Waals surface area contributed by atoms with Crippen molar-refractivity contribution in [2.75, 3.05) is 6.61 Å². The first-order valence-electron chi connectivity index (χ1n) is 8.50. The largest absolute Gasteiger partial charge is 0.444 e. The van der Waals surface area contributed by atoms with Gasteiger partial charge in [0, 0.05) is 6.42 Å². The molecule has 149 valence electrons. The molecule has 0 aliphatic heterocycles. The molecule has 2 rings (SSSR count). The molecule has 1 amide bonds. The SMILES string of the molecule is CC(C)(C)OC(=O)N[C@@H]1c2ccc(OC(F)F)cc2C[C@@H]1OC[C@@](C)(O)[Si]. The molecule has 3 atom stereocenters. The lowest BCUT2D eigenvalue weighted by molar-refractivity contribution is -0.0499. The number of hydrogen-bond acceptors (Lipinski definition) is 5. The highest BCUT2D eigenvalue weighted by molar-refractivity contribution is 6.14. The number of hydrogen-bond donors (Lipinski definition) is 2. The molecule has 1 aliphatic rings. The fourth-order valence-electron chi connectivity index (χ4n) is 2.80. The van der Waals surface area contributed by atoms with Gasteiger partial charge in [0.25, 0.3) is 0 Å². The van der Waals surface area contributed by atoms with E-state index in [-0.39, 0.29) is 12.4 Å². The molecule has 0 unspecified atom stereocenters. The molecule has 0 spiro atoms. The van der Waals surface area contributed by atoms with E-state index in [4.69, 9.17) is 9.47 Å². The van der Waals surface area contributed by atoms with Crippen LogP contribution in [0, 0.1) is 0 Å². The van der Waals surface area contributed by atoms with Crippen LogP contribution in [0.5, 0.6) is 5.75 Å². The summed E-state index contributed by atoms with van der Waals surface area (Å²) in [6, 6.07) is 3.98. The van der Waals surface area contributed by atoms with E-state index < -0.39 is 35.7 Å². The Morgan fingerprint density at radius 2 is 2.04 bits per heavy atom. The quantitative estimate of drug-likeness (QED) is 0.718. The lowest BCUT2D eigenvalue weighted by atomic mass is 10.1. The Balaban J connectivity index is 2.21. The van der Waals surface area contributed by atoms with Crippen molar-refractivity contribution < 1.29 is 32.9 Å². The van der Waals surface area contributed by atoms with Gasteiger partial charge in [-0.15, -0.1) is 0 Å². The van der Waals surface area contributed by atoms with Crippen molar-refractivity contribution in [3.8, 4) is 5.75 Å². The molecule has 9 heteroatoms. The molecule has 0 heterocycles. The average Bonchev–Trinajstić information content (AvgIpc) is 2.79. The van der Waals surface area contributed by atoms with Gasteiger partial charge in [-0.1, -0.05) is 6.07 Å². The van der Waals surface area contributed by atoms with Crippen molar-refractivity contribution in [2.24, 2.45) is 0 Å². The van der Waals surface area contributed by atoms with Gasteiger partial charge >= 0.3 is 12.7 Å². The minimum Gasteiger partial charge on any atom is -0.444 e. The number of alkyl halides is 2. The van der Waals surface area contributed by atoms with E-state index in [1.807, 2.05) is 0 Å². The maximum Gasteiger partial charge on any atom is 0.408 e. The van der Waals surface area contributed by atoms with Gasteiger partial charge in [0.2, 0.25) is 0 Å². The van der Waals surface area contributed by atoms with Crippen LogP contribution in [-0.2, 0) is 15.9 Å². The maximum absolute atomic E-state index is 12.5. The zero-order valence-corrected chi connectivity index (χ0v) is 16.7. The van der Waals surface area contributed by atoms with Gasteiger partial charge in [0.05, 0.1) is 34.2 Å². The van der Waals surface area contributed by atoms with Gasteiger partial charge in [-0.25, -0.2) is 4.79 Å². The lowest BCUT2D eigenvalue weighted by Crippen LogP contribution is -2.41. The number of halogens is 2. The first kappa shape index (κ1) is 21.6. The van der Waals surface area contributed by atoms with Gasteiger partial charge in [-0.3, -0.25) is 0 Å². The normalized spacial score (nSPS) is 21.5. The van der Waals surface area contributed by atoms with Gasteiger partial charge in [-0.2, -0.15) is 8.78 Å². The lowest BCUT2D eigenvalue weighted by Gasteiger charge is -2.27. The molecule has 0 saturated heterocycles. The smallest absolute Gasteiger partial charge is 0.408 e. The van der Waals surface area contributed by atoms with Crippen LogP contribution in [0.15, 0.2) is 18.2 Å². The third-order valence-corrected chi connectivity index (χ3v) is 3.86. The Morgan fingerprint density at radius 1 is 1.37 bits per heavy atom. The Morgan fingerprint density at radius 3 is 2.59 bits per heavy atom. The molecule has 6 nitrogen and oxygen atoms in total. The number of benzene rings is 1. The summed E-state index contributed by atoms with van der Waals surface area (Å²) >= 11 is 0. The van der Waals surface area contributed by atoms with Crippen LogP contribution in [0.3, 0.4) is 0 Å². The zero-order chi connectivity index (χ0) is 20.4. The standard InChI is InChI=1S/C18H24F2NO5Si/c1-17(2,3)26-16(22)21-14-12-6-5-11(25-15(19)20)7-10(12)8-13(14)24-9-18(4,23)27/h5-7,13-15,23H,8-9H2,1-4H3,(H,21,22)/t13-,14+,18-/m0/s1. The third kappa shape index (κ3) is 6.75. The highest BCUT2D eigenvalue weighted by Gasteiger charge is 2.36. The Bertz CT molecular complexity index is 673. The molecule has 1 aliphatic carbocycles. The molecule has 3 radical (unpaired) electrons. The fraction of sp³-hybridized carbons (Fsp3) is 0.611. The van der Waals surface area contributed by atoms with E-state index in [1.165, 1.54) is 19.1 Å². The molecular weight excluding hydrogens is 376 g/mol. The maximum atomic E-state index is 12.5.